The molecular formula is C7H6BF3KN. The minimum atomic E-state index is -4.85. The van der Waals surface area contributed by atoms with E-state index in [1.165, 1.54) is 12.3 Å². The summed E-state index contributed by atoms with van der Waals surface area (Å²) in [6, 6.07) is 4.80. The number of nitrogens with zero attached hydrogens (tertiary/aromatic N) is 1. The quantitative estimate of drug-likeness (QED) is 0.600. The summed E-state index contributed by atoms with van der Waals surface area (Å²) in [6.07, 6.45) is 2.41. The van der Waals surface area contributed by atoms with Crippen LogP contribution >= 0.6 is 0 Å². The van der Waals surface area contributed by atoms with Gasteiger partial charge >= 0.3 is 58.4 Å². The first-order valence-electron chi connectivity index (χ1n) is 3.38. The molecule has 0 radical (unpaired) electrons. The third-order valence-corrected chi connectivity index (χ3v) is 1.17. The van der Waals surface area contributed by atoms with Crippen molar-refractivity contribution in [3.63, 3.8) is 0 Å². The van der Waals surface area contributed by atoms with Gasteiger partial charge in [0.05, 0.1) is 5.69 Å². The average molecular weight is 211 g/mol. The maximum Gasteiger partial charge on any atom is 1.00 e. The van der Waals surface area contributed by atoms with E-state index in [0.29, 0.717) is 5.69 Å². The number of hydrogen-bond acceptors (Lipinski definition) is 1. The van der Waals surface area contributed by atoms with Crippen molar-refractivity contribution in [2.45, 2.75) is 0 Å². The molecule has 1 nitrogen and oxygen atoms in total. The monoisotopic (exact) mass is 211 g/mol. The van der Waals surface area contributed by atoms with Crippen LogP contribution in [0.1, 0.15) is 5.69 Å². The summed E-state index contributed by atoms with van der Waals surface area (Å²) >= 11 is 0. The van der Waals surface area contributed by atoms with E-state index in [-0.39, 0.29) is 57.4 Å². The fraction of sp³-hybridized carbons (Fsp3) is 0. The van der Waals surface area contributed by atoms with Gasteiger partial charge in [-0.2, -0.15) is 0 Å². The predicted octanol–water partition coefficient (Wildman–Crippen LogP) is -0.515. The van der Waals surface area contributed by atoms with E-state index in [2.05, 4.69) is 4.98 Å². The molecule has 0 spiro atoms. The van der Waals surface area contributed by atoms with Gasteiger partial charge in [0.1, 0.15) is 0 Å². The zero-order valence-corrected chi connectivity index (χ0v) is 10.2. The molecule has 0 aliphatic rings. The summed E-state index contributed by atoms with van der Waals surface area (Å²) in [5.74, 6) is 0.225. The van der Waals surface area contributed by atoms with E-state index in [1.54, 1.807) is 12.1 Å². The molecule has 0 unspecified atom stereocenters. The Kier molecular flexibility index (Phi) is 6.15. The van der Waals surface area contributed by atoms with E-state index in [0.717, 1.165) is 6.08 Å². The van der Waals surface area contributed by atoms with Gasteiger partial charge in [0, 0.05) is 6.20 Å². The topological polar surface area (TPSA) is 12.9 Å². The van der Waals surface area contributed by atoms with Crippen LogP contribution in [-0.2, 0) is 0 Å². The maximum atomic E-state index is 11.7. The van der Waals surface area contributed by atoms with Crippen molar-refractivity contribution in [2.75, 3.05) is 0 Å². The molecule has 0 bridgehead atoms. The minimum Gasteiger partial charge on any atom is -0.445 e. The molecule has 0 atom stereocenters. The van der Waals surface area contributed by atoms with Gasteiger partial charge in [-0.1, -0.05) is 12.1 Å². The smallest absolute Gasteiger partial charge is 0.445 e. The molecule has 0 aliphatic carbocycles. The molecule has 0 saturated carbocycles. The normalized spacial score (nSPS) is 11.3. The minimum absolute atomic E-state index is 0. The first kappa shape index (κ1) is 13.4. The number of pyridine rings is 1. The second-order valence-corrected chi connectivity index (χ2v) is 2.24. The van der Waals surface area contributed by atoms with Gasteiger partial charge in [0.15, 0.2) is 0 Å². The number of halogens is 3. The fourth-order valence-electron chi connectivity index (χ4n) is 0.682. The fourth-order valence-corrected chi connectivity index (χ4v) is 0.682. The molecule has 0 aromatic carbocycles. The summed E-state index contributed by atoms with van der Waals surface area (Å²) in [4.78, 5) is 3.70. The molecule has 13 heavy (non-hydrogen) atoms. The molecule has 0 fully saturated rings. The van der Waals surface area contributed by atoms with E-state index in [1.807, 2.05) is 0 Å². The Hall–Kier alpha value is 0.381. The van der Waals surface area contributed by atoms with Crippen molar-refractivity contribution in [3.8, 4) is 0 Å². The van der Waals surface area contributed by atoms with E-state index < -0.39 is 6.98 Å². The second kappa shape index (κ2) is 5.98. The Morgan fingerprint density at radius 3 is 2.38 bits per heavy atom. The summed E-state index contributed by atoms with van der Waals surface area (Å²) in [5.41, 5.74) is 0.316. The SMILES string of the molecule is F[B-](F)(F)/C=C/c1ccccn1.[K+]. The molecule has 0 aliphatic heterocycles. The van der Waals surface area contributed by atoms with E-state index in [9.17, 15) is 12.9 Å². The van der Waals surface area contributed by atoms with Crippen LogP contribution in [0.5, 0.6) is 0 Å². The van der Waals surface area contributed by atoms with Gasteiger partial charge in [-0.25, -0.2) is 0 Å². The van der Waals surface area contributed by atoms with Crippen LogP contribution < -0.4 is 51.4 Å². The average Bonchev–Trinajstić information content (AvgIpc) is 2.02. The molecular weight excluding hydrogens is 205 g/mol. The van der Waals surface area contributed by atoms with Gasteiger partial charge in [0.2, 0.25) is 0 Å². The third-order valence-electron chi connectivity index (χ3n) is 1.17. The van der Waals surface area contributed by atoms with Crippen LogP contribution in [0.25, 0.3) is 6.08 Å². The summed E-state index contributed by atoms with van der Waals surface area (Å²) in [6.45, 7) is -4.85. The molecule has 6 heteroatoms. The third kappa shape index (κ3) is 6.45. The van der Waals surface area contributed by atoms with Crippen LogP contribution in [0.2, 0.25) is 0 Å². The Labute approximate surface area is 117 Å². The Morgan fingerprint density at radius 2 is 1.92 bits per heavy atom. The predicted molar refractivity (Wildman–Crippen MR) is 42.3 cm³/mol. The number of rotatable bonds is 2. The zero-order valence-electron chi connectivity index (χ0n) is 7.12. The van der Waals surface area contributed by atoms with Gasteiger partial charge < -0.3 is 12.9 Å². The van der Waals surface area contributed by atoms with Gasteiger partial charge in [-0.3, -0.25) is 4.98 Å². The van der Waals surface area contributed by atoms with Crippen LogP contribution in [0.15, 0.2) is 30.4 Å². The maximum absolute atomic E-state index is 11.7. The Bertz CT molecular complexity index is 273. The van der Waals surface area contributed by atoms with Gasteiger partial charge in [0.25, 0.3) is 0 Å². The van der Waals surface area contributed by atoms with Crippen LogP contribution in [0, 0.1) is 0 Å². The van der Waals surface area contributed by atoms with Crippen LogP contribution in [-0.4, -0.2) is 12.0 Å². The summed E-state index contributed by atoms with van der Waals surface area (Å²) < 4.78 is 35.1. The molecule has 0 amide bonds. The molecule has 64 valence electrons. The van der Waals surface area contributed by atoms with Crippen molar-refractivity contribution >= 4 is 13.1 Å². The van der Waals surface area contributed by atoms with Gasteiger partial charge in [-0.15, -0.1) is 5.98 Å². The summed E-state index contributed by atoms with van der Waals surface area (Å²) in [7, 11) is 0. The Morgan fingerprint density at radius 1 is 1.23 bits per heavy atom. The van der Waals surface area contributed by atoms with Crippen LogP contribution in [0.3, 0.4) is 0 Å². The molecule has 1 heterocycles. The van der Waals surface area contributed by atoms with Gasteiger partial charge in [-0.05, 0) is 12.1 Å². The van der Waals surface area contributed by atoms with E-state index >= 15 is 0 Å². The zero-order chi connectivity index (χ0) is 9.03. The van der Waals surface area contributed by atoms with Crippen molar-refractivity contribution < 1.29 is 64.3 Å². The van der Waals surface area contributed by atoms with Crippen molar-refractivity contribution in [1.29, 1.82) is 0 Å². The largest absolute Gasteiger partial charge is 1.00 e. The summed E-state index contributed by atoms with van der Waals surface area (Å²) in [5, 5.41) is 0. The molecule has 1 rings (SSSR count). The molecule has 1 aromatic rings. The van der Waals surface area contributed by atoms with Crippen molar-refractivity contribution in [3.05, 3.63) is 36.1 Å². The first-order chi connectivity index (χ1) is 5.58. The number of aromatic nitrogens is 1. The first-order valence-corrected chi connectivity index (χ1v) is 3.38. The number of hydrogen-bond donors (Lipinski definition) is 0. The molecule has 0 saturated heterocycles. The second-order valence-electron chi connectivity index (χ2n) is 2.24. The Balaban J connectivity index is 0.00000144. The molecule has 0 N–H and O–H groups in total. The standard InChI is InChI=1S/C7H6BF3N.K/c9-8(10,11)5-4-7-3-1-2-6-12-7;/h1-6H;/q-1;+1/b5-4+;. The van der Waals surface area contributed by atoms with Crippen LogP contribution in [0.4, 0.5) is 12.9 Å². The van der Waals surface area contributed by atoms with Crippen molar-refractivity contribution in [1.82, 2.24) is 4.98 Å². The molecule has 1 aromatic heterocycles. The van der Waals surface area contributed by atoms with Crippen molar-refractivity contribution in [2.24, 2.45) is 0 Å². The van der Waals surface area contributed by atoms with E-state index in [4.69, 9.17) is 0 Å².